The number of fused-ring (bicyclic) bond motifs is 1. The Morgan fingerprint density at radius 1 is 1.26 bits per heavy atom. The molecule has 2 N–H and O–H groups in total. The topological polar surface area (TPSA) is 46.3 Å². The highest BCUT2D eigenvalue weighted by atomic mass is 35.5. The SMILES string of the molecule is COC(OC)C(C)NCc1[nH]c2ccccc2c1Cl. The standard InChI is InChI=1S/C14H19ClN2O2/c1-9(14(18-2)19-3)16-8-12-13(15)10-6-4-5-7-11(10)17-12/h4-7,9,14,16-17H,8H2,1-3H3. The summed E-state index contributed by atoms with van der Waals surface area (Å²) in [5, 5.41) is 5.15. The number of benzene rings is 1. The van der Waals surface area contributed by atoms with Crippen molar-refractivity contribution in [1.29, 1.82) is 0 Å². The molecule has 4 nitrogen and oxygen atoms in total. The zero-order valence-electron chi connectivity index (χ0n) is 11.4. The molecule has 1 aromatic heterocycles. The Labute approximate surface area is 118 Å². The Bertz CT molecular complexity index is 537. The number of aromatic amines is 1. The quantitative estimate of drug-likeness (QED) is 0.801. The van der Waals surface area contributed by atoms with Gasteiger partial charge in [0.1, 0.15) is 0 Å². The van der Waals surface area contributed by atoms with E-state index in [1.165, 1.54) is 0 Å². The highest BCUT2D eigenvalue weighted by Gasteiger charge is 2.16. The summed E-state index contributed by atoms with van der Waals surface area (Å²) in [6, 6.07) is 8.06. The zero-order valence-corrected chi connectivity index (χ0v) is 12.1. The van der Waals surface area contributed by atoms with Crippen molar-refractivity contribution in [3.8, 4) is 0 Å². The second kappa shape index (κ2) is 6.39. The maximum atomic E-state index is 6.35. The summed E-state index contributed by atoms with van der Waals surface area (Å²) in [6.07, 6.45) is -0.275. The maximum Gasteiger partial charge on any atom is 0.171 e. The number of methoxy groups -OCH3 is 2. The lowest BCUT2D eigenvalue weighted by Gasteiger charge is -2.22. The van der Waals surface area contributed by atoms with Gasteiger partial charge < -0.3 is 19.8 Å². The molecule has 2 aromatic rings. The van der Waals surface area contributed by atoms with Crippen molar-refractivity contribution in [2.75, 3.05) is 14.2 Å². The van der Waals surface area contributed by atoms with E-state index in [4.69, 9.17) is 21.1 Å². The molecule has 0 spiro atoms. The predicted molar refractivity (Wildman–Crippen MR) is 77.4 cm³/mol. The van der Waals surface area contributed by atoms with Gasteiger partial charge in [-0.2, -0.15) is 0 Å². The van der Waals surface area contributed by atoms with Crippen LogP contribution in [0.25, 0.3) is 10.9 Å². The number of nitrogens with one attached hydrogen (secondary N) is 2. The van der Waals surface area contributed by atoms with Crippen molar-refractivity contribution in [3.63, 3.8) is 0 Å². The van der Waals surface area contributed by atoms with Crippen LogP contribution in [-0.2, 0) is 16.0 Å². The van der Waals surface area contributed by atoms with Crippen LogP contribution in [0.3, 0.4) is 0 Å². The average Bonchev–Trinajstić information content (AvgIpc) is 2.75. The van der Waals surface area contributed by atoms with Crippen LogP contribution < -0.4 is 5.32 Å². The normalized spacial score (nSPS) is 13.3. The van der Waals surface area contributed by atoms with Gasteiger partial charge in [-0.1, -0.05) is 29.8 Å². The van der Waals surface area contributed by atoms with Gasteiger partial charge in [0.2, 0.25) is 0 Å². The molecule has 0 radical (unpaired) electrons. The van der Waals surface area contributed by atoms with Gasteiger partial charge in [0.25, 0.3) is 0 Å². The van der Waals surface area contributed by atoms with Gasteiger partial charge in [-0.3, -0.25) is 0 Å². The molecule has 1 aromatic carbocycles. The molecule has 1 atom stereocenters. The van der Waals surface area contributed by atoms with Crippen molar-refractivity contribution < 1.29 is 9.47 Å². The molecule has 1 unspecified atom stereocenters. The second-order valence-electron chi connectivity index (χ2n) is 4.47. The molecule has 2 rings (SSSR count). The Morgan fingerprint density at radius 3 is 2.58 bits per heavy atom. The Hall–Kier alpha value is -1.07. The van der Waals surface area contributed by atoms with Crippen LogP contribution in [0, 0.1) is 0 Å². The van der Waals surface area contributed by atoms with Crippen LogP contribution in [0.4, 0.5) is 0 Å². The van der Waals surface area contributed by atoms with Gasteiger partial charge >= 0.3 is 0 Å². The summed E-state index contributed by atoms with van der Waals surface area (Å²) in [7, 11) is 3.25. The molecule has 19 heavy (non-hydrogen) atoms. The van der Waals surface area contributed by atoms with Crippen LogP contribution in [-0.4, -0.2) is 31.5 Å². The molecule has 0 aliphatic carbocycles. The minimum absolute atomic E-state index is 0.0671. The Morgan fingerprint density at radius 2 is 1.95 bits per heavy atom. The van der Waals surface area contributed by atoms with E-state index in [1.54, 1.807) is 14.2 Å². The van der Waals surface area contributed by atoms with Crippen LogP contribution in [0.15, 0.2) is 24.3 Å². The van der Waals surface area contributed by atoms with Gasteiger partial charge in [0, 0.05) is 37.4 Å². The summed E-state index contributed by atoms with van der Waals surface area (Å²) >= 11 is 6.35. The number of para-hydroxylation sites is 1. The third kappa shape index (κ3) is 3.09. The Kier molecular flexibility index (Phi) is 4.82. The minimum Gasteiger partial charge on any atom is -0.356 e. The van der Waals surface area contributed by atoms with Crippen molar-refractivity contribution in [3.05, 3.63) is 35.0 Å². The van der Waals surface area contributed by atoms with Crippen molar-refractivity contribution >= 4 is 22.5 Å². The highest BCUT2D eigenvalue weighted by Crippen LogP contribution is 2.27. The lowest BCUT2D eigenvalue weighted by atomic mass is 10.2. The fourth-order valence-corrected chi connectivity index (χ4v) is 2.43. The van der Waals surface area contributed by atoms with Gasteiger partial charge in [-0.15, -0.1) is 0 Å². The molecule has 0 saturated carbocycles. The van der Waals surface area contributed by atoms with Crippen LogP contribution in [0.1, 0.15) is 12.6 Å². The summed E-state index contributed by atoms with van der Waals surface area (Å²) < 4.78 is 10.4. The number of ether oxygens (including phenoxy) is 2. The van der Waals surface area contributed by atoms with Gasteiger partial charge in [0.05, 0.1) is 11.1 Å². The zero-order chi connectivity index (χ0) is 13.8. The number of H-pyrrole nitrogens is 1. The van der Waals surface area contributed by atoms with Crippen LogP contribution >= 0.6 is 11.6 Å². The third-order valence-corrected chi connectivity index (χ3v) is 3.62. The van der Waals surface area contributed by atoms with Crippen molar-refractivity contribution in [2.45, 2.75) is 25.8 Å². The monoisotopic (exact) mass is 282 g/mol. The molecule has 5 heteroatoms. The molecular formula is C14H19ClN2O2. The summed E-state index contributed by atoms with van der Waals surface area (Å²) in [5.41, 5.74) is 2.02. The molecule has 0 amide bonds. The van der Waals surface area contributed by atoms with E-state index in [9.17, 15) is 0 Å². The Balaban J connectivity index is 2.07. The molecule has 0 saturated heterocycles. The predicted octanol–water partition coefficient (Wildman–Crippen LogP) is 2.92. The maximum absolute atomic E-state index is 6.35. The molecule has 0 fully saturated rings. The van der Waals surface area contributed by atoms with Crippen molar-refractivity contribution in [1.82, 2.24) is 10.3 Å². The first-order valence-electron chi connectivity index (χ1n) is 6.21. The average molecular weight is 283 g/mol. The van der Waals surface area contributed by atoms with Crippen LogP contribution in [0.2, 0.25) is 5.02 Å². The molecule has 1 heterocycles. The van der Waals surface area contributed by atoms with E-state index in [2.05, 4.69) is 10.3 Å². The summed E-state index contributed by atoms with van der Waals surface area (Å²) in [4.78, 5) is 3.32. The number of rotatable bonds is 6. The second-order valence-corrected chi connectivity index (χ2v) is 4.85. The first-order chi connectivity index (χ1) is 9.17. The van der Waals surface area contributed by atoms with E-state index in [-0.39, 0.29) is 12.3 Å². The highest BCUT2D eigenvalue weighted by molar-refractivity contribution is 6.36. The number of aromatic nitrogens is 1. The summed E-state index contributed by atoms with van der Waals surface area (Å²) in [6.45, 7) is 2.64. The summed E-state index contributed by atoms with van der Waals surface area (Å²) in [5.74, 6) is 0. The van der Waals surface area contributed by atoms with E-state index >= 15 is 0 Å². The smallest absolute Gasteiger partial charge is 0.171 e. The fraction of sp³-hybridized carbons (Fsp3) is 0.429. The minimum atomic E-state index is -0.275. The molecule has 0 bridgehead atoms. The molecule has 0 aliphatic rings. The van der Waals surface area contributed by atoms with Crippen molar-refractivity contribution in [2.24, 2.45) is 0 Å². The number of hydrogen-bond donors (Lipinski definition) is 2. The van der Waals surface area contributed by atoms with E-state index in [0.717, 1.165) is 21.6 Å². The van der Waals surface area contributed by atoms with Gasteiger partial charge in [-0.25, -0.2) is 0 Å². The fourth-order valence-electron chi connectivity index (χ4n) is 2.15. The number of halogens is 1. The molecule has 104 valence electrons. The van der Waals surface area contributed by atoms with Gasteiger partial charge in [-0.05, 0) is 13.0 Å². The third-order valence-electron chi connectivity index (χ3n) is 3.19. The van der Waals surface area contributed by atoms with Crippen LogP contribution in [0.5, 0.6) is 0 Å². The van der Waals surface area contributed by atoms with E-state index < -0.39 is 0 Å². The van der Waals surface area contributed by atoms with Gasteiger partial charge in [0.15, 0.2) is 6.29 Å². The lowest BCUT2D eigenvalue weighted by Crippen LogP contribution is -2.39. The molecular weight excluding hydrogens is 264 g/mol. The van der Waals surface area contributed by atoms with E-state index in [1.807, 2.05) is 31.2 Å². The number of hydrogen-bond acceptors (Lipinski definition) is 3. The first kappa shape index (κ1) is 14.3. The first-order valence-corrected chi connectivity index (χ1v) is 6.59. The largest absolute Gasteiger partial charge is 0.356 e. The lowest BCUT2D eigenvalue weighted by molar-refractivity contribution is -0.119. The molecule has 0 aliphatic heterocycles. The van der Waals surface area contributed by atoms with E-state index in [0.29, 0.717) is 6.54 Å².